The van der Waals surface area contributed by atoms with Crippen molar-refractivity contribution in [3.05, 3.63) is 164 Å². The Morgan fingerprint density at radius 1 is 0.566 bits per heavy atom. The number of aliphatic hydroxyl groups is 7. The van der Waals surface area contributed by atoms with Crippen LogP contribution in [0.15, 0.2) is 115 Å². The van der Waals surface area contributed by atoms with Gasteiger partial charge in [-0.3, -0.25) is 38.4 Å². The van der Waals surface area contributed by atoms with Gasteiger partial charge in [-0.25, -0.2) is 4.79 Å². The van der Waals surface area contributed by atoms with Crippen LogP contribution in [-0.4, -0.2) is 236 Å². The molecule has 0 radical (unpaired) electrons. The molecule has 690 valence electrons. The molecular weight excluding hydrogens is 1730 g/mol. The summed E-state index contributed by atoms with van der Waals surface area (Å²) in [4.78, 5) is 141. The highest BCUT2D eigenvalue weighted by Crippen LogP contribution is 2.51. The van der Waals surface area contributed by atoms with Crippen LogP contribution in [0.5, 0.6) is 69.0 Å². The predicted octanol–water partition coefficient (Wildman–Crippen LogP) is 4.26. The number of aliphatic hydroxyl groups excluding tert-OH is 7. The molecule has 0 unspecified atom stereocenters. The minimum absolute atomic E-state index is 0.0897. The number of nitrogens with zero attached hydrogens (tertiary/aromatic N) is 1. The molecule has 40 heteroatoms. The van der Waals surface area contributed by atoms with Crippen molar-refractivity contribution in [3.63, 3.8) is 0 Å². The molecule has 17 bridgehead atoms. The molecule has 18 atom stereocenters. The van der Waals surface area contributed by atoms with E-state index in [4.69, 9.17) is 61.1 Å². The number of unbranched alkanes of at least 4 members (excludes halogenated alkanes) is 5. The third-order valence-corrected chi connectivity index (χ3v) is 23.6. The minimum atomic E-state index is -2.44. The molecule has 8 aliphatic rings. The number of halogens is 2. The number of carbonyl (C=O) groups excluding carboxylic acids is 9. The van der Waals surface area contributed by atoms with Crippen LogP contribution in [0.2, 0.25) is 10.0 Å². The van der Waals surface area contributed by atoms with Crippen molar-refractivity contribution in [2.75, 3.05) is 47.9 Å². The number of hydrogen-bond donors (Lipinski definition) is 20. The van der Waals surface area contributed by atoms with E-state index >= 15 is 28.8 Å². The number of esters is 1. The van der Waals surface area contributed by atoms with Gasteiger partial charge in [0, 0.05) is 48.2 Å². The zero-order valence-electron chi connectivity index (χ0n) is 70.7. The second-order valence-corrected chi connectivity index (χ2v) is 33.7. The van der Waals surface area contributed by atoms with E-state index in [1.165, 1.54) is 55.6 Å². The lowest BCUT2D eigenvalue weighted by Gasteiger charge is -2.41. The van der Waals surface area contributed by atoms with E-state index in [2.05, 4.69) is 61.7 Å². The number of methoxy groups -OCH3 is 1. The number of phenolic OH excluding ortho intramolecular Hbond substituents is 4. The van der Waals surface area contributed by atoms with E-state index in [0.717, 1.165) is 106 Å². The first-order chi connectivity index (χ1) is 61.6. The van der Waals surface area contributed by atoms with Crippen LogP contribution in [0.25, 0.3) is 11.1 Å². The number of nitrogens with one attached hydrogen (secondary N) is 9. The lowest BCUT2D eigenvalue weighted by Crippen LogP contribution is -2.66. The monoisotopic (exact) mass is 1830 g/mol. The average Bonchev–Trinajstić information content (AvgIpc) is 0.766. The number of ether oxygens (including phenoxy) is 8. The van der Waals surface area contributed by atoms with Gasteiger partial charge in [0.25, 0.3) is 0 Å². The van der Waals surface area contributed by atoms with Gasteiger partial charge in [0.15, 0.2) is 29.1 Å². The molecule has 0 spiro atoms. The van der Waals surface area contributed by atoms with Crippen LogP contribution in [0.4, 0.5) is 0 Å². The number of fused-ring (bicyclic) bond motifs is 14. The highest BCUT2D eigenvalue weighted by molar-refractivity contribution is 6.33. The largest absolute Gasteiger partial charge is 0.508 e. The first-order valence-electron chi connectivity index (χ1n) is 41.9. The first kappa shape index (κ1) is 94.7. The molecule has 38 nitrogen and oxygen atoms in total. The Kier molecular flexibility index (Phi) is 30.3. The minimum Gasteiger partial charge on any atom is -0.508 e. The Labute approximate surface area is 748 Å². The number of phenols is 4. The van der Waals surface area contributed by atoms with Crippen LogP contribution in [0.3, 0.4) is 0 Å². The van der Waals surface area contributed by atoms with Gasteiger partial charge in [-0.05, 0) is 153 Å². The van der Waals surface area contributed by atoms with Crippen molar-refractivity contribution < 1.29 is 137 Å². The summed E-state index contributed by atoms with van der Waals surface area (Å²) in [6.45, 7) is 3.64. The summed E-state index contributed by atoms with van der Waals surface area (Å²) in [6.07, 6.45) is -15.1. The molecule has 129 heavy (non-hydrogen) atoms. The molecule has 8 aliphatic heterocycles. The van der Waals surface area contributed by atoms with Gasteiger partial charge in [-0.15, -0.1) is 0 Å². The molecular formula is C89H102Cl2N10O28. The van der Waals surface area contributed by atoms with Crippen molar-refractivity contribution in [1.82, 2.24) is 52.8 Å². The van der Waals surface area contributed by atoms with E-state index in [9.17, 15) is 70.6 Å². The summed E-state index contributed by atoms with van der Waals surface area (Å²) in [7, 11) is 5.94. The molecule has 8 heterocycles. The Bertz CT molecular complexity index is 5360. The Hall–Kier alpha value is -11.9. The van der Waals surface area contributed by atoms with E-state index in [0.29, 0.717) is 37.3 Å². The summed E-state index contributed by atoms with van der Waals surface area (Å²) >= 11 is 14.4. The molecule has 15 rings (SSSR count). The second kappa shape index (κ2) is 41.3. The molecule has 2 saturated heterocycles. The fourth-order valence-corrected chi connectivity index (χ4v) is 16.5. The molecule has 2 fully saturated rings. The number of hydrogen-bond acceptors (Lipinski definition) is 30. The smallest absolute Gasteiger partial charge is 0.337 e. The van der Waals surface area contributed by atoms with Gasteiger partial charge in [-0.2, -0.15) is 0 Å². The SMILES string of the molecule is CN[C@@H]1C(=O)N[C@@H]2Cc3ccc(cc3)Oc3cc4cc(c3O[C@@H]3O[C@H](C(=O)OC)[C@@H](O)[C@H](O)[C@H]3NC(=O)CCCCCCCCC(C)C)Oc3ccc(cc3Cl)[C@@H](O)[C@@H]3NC(=O)[C@H](NC(=O)[C@@H]4NC(=O)[C@@H](NC2=O)c2cc(cc(O)c2Cl)Oc2cc1ccc2O)c1ccc(O)c(c1)-c1c(O[C@H]2O[C@H](CO)[C@@H](O)[C@H](O)[C@@H]2O)cc(O)cc1[C@H](C(=O)NCCCN(C)C)NC3=O. The van der Waals surface area contributed by atoms with Crippen LogP contribution in [-0.2, 0) is 63.8 Å². The first-order valence-corrected chi connectivity index (χ1v) is 42.6. The standard InChI is InChI=1S/C89H102Cl2N10O28/c1-39(2)14-11-9-7-8-10-12-15-62(107)95-71-74(110)76(112)79(87(121)122-6)129-88(71)128-78-59-32-44-33-60(78)125-56-25-20-43(30-51(56)90)72(108)70-86(120)99-68(81(115)93-26-13-27-101(4)5)49-34-45(103)35-58(126-89-77(113)75(111)73(109)61(38-102)127-89)63(49)48-29-41(18-23-53(48)104)66(83(117)100-70)96-84(118)67(44)97-85(119)69-50-36-47(37-55(106)64(50)91)124-57-31-42(19-24-54(57)105)65(92-3)82(116)94-52(80(114)98-69)28-40-16-21-46(123-59)22-17-40/h16-25,29-37,39,52,61,65-77,79,88-89,92,102-106,108-113H,7-15,26-28,38H2,1-6H3,(H,93,115)(H,94,116)(H,95,107)(H,96,118)(H,97,119)(H,98,114)(H,99,120)(H,100,117)/t52-,61-,65+,66-,67-,68-,69+,70+,71-,72-,73-,74-,75+,76+,77+,79+,88-,89+/m1/s1. The molecule has 0 saturated carbocycles. The molecule has 0 aromatic heterocycles. The number of amides is 8. The summed E-state index contributed by atoms with van der Waals surface area (Å²) < 4.78 is 50.0. The van der Waals surface area contributed by atoms with Gasteiger partial charge in [0.05, 0.1) is 23.8 Å². The van der Waals surface area contributed by atoms with E-state index < -0.39 is 271 Å². The highest BCUT2D eigenvalue weighted by Gasteiger charge is 2.52. The van der Waals surface area contributed by atoms with E-state index in [-0.39, 0.29) is 41.3 Å². The van der Waals surface area contributed by atoms with Crippen molar-refractivity contribution in [3.8, 4) is 80.1 Å². The quantitative estimate of drug-likeness (QED) is 0.0333. The van der Waals surface area contributed by atoms with Crippen molar-refractivity contribution in [2.24, 2.45) is 5.92 Å². The van der Waals surface area contributed by atoms with E-state index in [1.54, 1.807) is 14.1 Å². The molecule has 20 N–H and O–H groups in total. The molecule has 0 aliphatic carbocycles. The van der Waals surface area contributed by atoms with E-state index in [1.807, 2.05) is 4.90 Å². The number of rotatable bonds is 22. The second-order valence-electron chi connectivity index (χ2n) is 32.9. The Morgan fingerprint density at radius 2 is 1.22 bits per heavy atom. The number of carbonyl (C=O) groups is 9. The van der Waals surface area contributed by atoms with Gasteiger partial charge in [0.1, 0.15) is 131 Å². The van der Waals surface area contributed by atoms with Gasteiger partial charge in [0.2, 0.25) is 65.6 Å². The zero-order chi connectivity index (χ0) is 92.7. The maximum absolute atomic E-state index is 16.9. The van der Waals surface area contributed by atoms with Crippen molar-refractivity contribution >= 4 is 76.4 Å². The predicted molar refractivity (Wildman–Crippen MR) is 456 cm³/mol. The van der Waals surface area contributed by atoms with Crippen LogP contribution >= 0.6 is 23.2 Å². The maximum Gasteiger partial charge on any atom is 0.337 e. The lowest BCUT2D eigenvalue weighted by molar-refractivity contribution is -0.277. The number of benzene rings is 7. The number of aromatic hydroxyl groups is 4. The number of likely N-dealkylation sites (N-methyl/N-ethyl adjacent to an activating group) is 1. The Balaban J connectivity index is 1.04. The Morgan fingerprint density at radius 3 is 1.91 bits per heavy atom. The van der Waals surface area contributed by atoms with Gasteiger partial charge < -0.3 is 147 Å². The van der Waals surface area contributed by atoms with Gasteiger partial charge >= 0.3 is 5.97 Å². The van der Waals surface area contributed by atoms with Crippen LogP contribution in [0, 0.1) is 5.92 Å². The highest BCUT2D eigenvalue weighted by atomic mass is 35.5. The maximum atomic E-state index is 16.9. The fraction of sp³-hybridized carbons (Fsp3) is 0.427. The normalized spacial score (nSPS) is 25.7. The molecule has 7 aromatic carbocycles. The summed E-state index contributed by atoms with van der Waals surface area (Å²) in [5, 5.41) is 151. The van der Waals surface area contributed by atoms with Gasteiger partial charge in [-0.1, -0.05) is 106 Å². The van der Waals surface area contributed by atoms with Crippen molar-refractivity contribution in [2.45, 2.75) is 188 Å². The summed E-state index contributed by atoms with van der Waals surface area (Å²) in [5.74, 6) is -16.6. The van der Waals surface area contributed by atoms with Crippen LogP contribution < -0.4 is 71.5 Å². The summed E-state index contributed by atoms with van der Waals surface area (Å²) in [5.41, 5.74) is -2.58. The van der Waals surface area contributed by atoms with Crippen LogP contribution in [0.1, 0.15) is 147 Å². The van der Waals surface area contributed by atoms with Crippen molar-refractivity contribution in [1.29, 1.82) is 0 Å². The fourth-order valence-electron chi connectivity index (χ4n) is 16.0. The molecule has 7 aromatic rings. The lowest BCUT2D eigenvalue weighted by atomic mass is 9.89. The third-order valence-electron chi connectivity index (χ3n) is 22.9. The third kappa shape index (κ3) is 21.5. The molecule has 8 amide bonds. The summed E-state index contributed by atoms with van der Waals surface area (Å²) in [6, 6.07) is 6.07. The topological polar surface area (TPSA) is 562 Å². The zero-order valence-corrected chi connectivity index (χ0v) is 72.2. The average molecular weight is 1830 g/mol.